The van der Waals surface area contributed by atoms with Gasteiger partial charge in [-0.2, -0.15) is 0 Å². The maximum atomic E-state index is 13.0. The van der Waals surface area contributed by atoms with Gasteiger partial charge in [0, 0.05) is 18.8 Å². The van der Waals surface area contributed by atoms with E-state index in [4.69, 9.17) is 5.73 Å². The Balaban J connectivity index is 1.84. The van der Waals surface area contributed by atoms with Gasteiger partial charge in [-0.1, -0.05) is 0 Å². The molecule has 1 unspecified atom stereocenters. The zero-order valence-electron chi connectivity index (χ0n) is 11.8. The van der Waals surface area contributed by atoms with Gasteiger partial charge in [-0.3, -0.25) is 14.2 Å². The van der Waals surface area contributed by atoms with E-state index in [0.29, 0.717) is 30.9 Å². The number of aromatic nitrogens is 2. The Kier molecular flexibility index (Phi) is 3.62. The highest BCUT2D eigenvalue weighted by atomic mass is 19.1. The minimum absolute atomic E-state index is 0.217. The molecule has 114 valence electrons. The predicted molar refractivity (Wildman–Crippen MR) is 76.7 cm³/mol. The van der Waals surface area contributed by atoms with Crippen LogP contribution in [-0.2, 0) is 4.79 Å². The lowest BCUT2D eigenvalue weighted by Crippen LogP contribution is -2.32. The number of halogens is 1. The molecule has 0 saturated carbocycles. The lowest BCUT2D eigenvalue weighted by atomic mass is 10.1. The van der Waals surface area contributed by atoms with Gasteiger partial charge in [-0.15, -0.1) is 0 Å². The quantitative estimate of drug-likeness (QED) is 0.917. The van der Waals surface area contributed by atoms with E-state index in [1.54, 1.807) is 21.6 Å². The van der Waals surface area contributed by atoms with Crippen LogP contribution in [0, 0.1) is 11.7 Å². The Morgan fingerprint density at radius 1 is 1.27 bits per heavy atom. The van der Waals surface area contributed by atoms with Crippen LogP contribution in [0.2, 0.25) is 0 Å². The molecule has 0 spiro atoms. The molecule has 3 rings (SSSR count). The molecule has 1 aromatic carbocycles. The molecule has 2 aromatic rings. The van der Waals surface area contributed by atoms with E-state index in [1.165, 1.54) is 24.7 Å². The fourth-order valence-electron chi connectivity index (χ4n) is 2.60. The summed E-state index contributed by atoms with van der Waals surface area (Å²) in [5.74, 6) is -1.25. The maximum Gasteiger partial charge on any atom is 0.272 e. The van der Waals surface area contributed by atoms with Crippen molar-refractivity contribution in [2.45, 2.75) is 6.42 Å². The van der Waals surface area contributed by atoms with Crippen LogP contribution in [0.5, 0.6) is 0 Å². The fourth-order valence-corrected chi connectivity index (χ4v) is 2.60. The summed E-state index contributed by atoms with van der Waals surface area (Å²) in [7, 11) is 0. The number of hydrogen-bond acceptors (Lipinski definition) is 3. The van der Waals surface area contributed by atoms with Gasteiger partial charge in [0.25, 0.3) is 5.91 Å². The van der Waals surface area contributed by atoms with E-state index in [2.05, 4.69) is 4.98 Å². The van der Waals surface area contributed by atoms with Crippen molar-refractivity contribution in [1.29, 1.82) is 0 Å². The average molecular weight is 302 g/mol. The highest BCUT2D eigenvalue weighted by Crippen LogP contribution is 2.20. The number of nitrogens with zero attached hydrogens (tertiary/aromatic N) is 3. The van der Waals surface area contributed by atoms with Crippen LogP contribution < -0.4 is 5.73 Å². The molecule has 0 aliphatic carbocycles. The normalized spacial score (nSPS) is 17.7. The molecular formula is C15H15FN4O2. The zero-order chi connectivity index (χ0) is 15.7. The lowest BCUT2D eigenvalue weighted by Gasteiger charge is -2.17. The van der Waals surface area contributed by atoms with Crippen molar-refractivity contribution in [2.75, 3.05) is 13.1 Å². The Morgan fingerprint density at radius 3 is 2.64 bits per heavy atom. The second kappa shape index (κ2) is 5.59. The van der Waals surface area contributed by atoms with Crippen LogP contribution in [0.25, 0.3) is 5.69 Å². The Labute approximate surface area is 126 Å². The SMILES string of the molecule is NC(=O)C1CCN(C(=O)c2cncn2-c2ccc(F)cc2)C1. The standard InChI is InChI=1S/C15H15FN4O2/c16-11-1-3-12(4-2-11)20-9-18-7-13(20)15(22)19-6-5-10(8-19)14(17)21/h1-4,7,9-10H,5-6,8H2,(H2,17,21). The van der Waals surface area contributed by atoms with E-state index in [1.807, 2.05) is 0 Å². The van der Waals surface area contributed by atoms with Gasteiger partial charge in [-0.25, -0.2) is 9.37 Å². The second-order valence-corrected chi connectivity index (χ2v) is 5.26. The molecule has 1 aliphatic heterocycles. The summed E-state index contributed by atoms with van der Waals surface area (Å²) in [6, 6.07) is 5.79. The summed E-state index contributed by atoms with van der Waals surface area (Å²) in [5.41, 5.74) is 6.30. The number of carbonyl (C=O) groups excluding carboxylic acids is 2. The molecule has 1 aromatic heterocycles. The molecule has 2 N–H and O–H groups in total. The molecule has 6 nitrogen and oxygen atoms in total. The molecule has 1 fully saturated rings. The third-order valence-corrected chi connectivity index (χ3v) is 3.84. The van der Waals surface area contributed by atoms with Gasteiger partial charge in [0.15, 0.2) is 0 Å². The minimum Gasteiger partial charge on any atom is -0.369 e. The van der Waals surface area contributed by atoms with Crippen LogP contribution in [0.1, 0.15) is 16.9 Å². The van der Waals surface area contributed by atoms with Crippen molar-refractivity contribution in [1.82, 2.24) is 14.5 Å². The number of carbonyl (C=O) groups is 2. The summed E-state index contributed by atoms with van der Waals surface area (Å²) in [4.78, 5) is 29.4. The van der Waals surface area contributed by atoms with E-state index < -0.39 is 0 Å². The number of amides is 2. The van der Waals surface area contributed by atoms with Gasteiger partial charge >= 0.3 is 0 Å². The van der Waals surface area contributed by atoms with E-state index >= 15 is 0 Å². The maximum absolute atomic E-state index is 13.0. The molecule has 0 bridgehead atoms. The second-order valence-electron chi connectivity index (χ2n) is 5.26. The van der Waals surface area contributed by atoms with Crippen LogP contribution in [0.15, 0.2) is 36.8 Å². The average Bonchev–Trinajstić information content (AvgIpc) is 3.17. The van der Waals surface area contributed by atoms with Crippen molar-refractivity contribution in [3.63, 3.8) is 0 Å². The first-order valence-electron chi connectivity index (χ1n) is 6.93. The van der Waals surface area contributed by atoms with Crippen molar-refractivity contribution in [3.05, 3.63) is 48.3 Å². The number of nitrogens with two attached hydrogens (primary N) is 1. The molecule has 7 heteroatoms. The molecule has 1 atom stereocenters. The molecule has 1 aliphatic rings. The topological polar surface area (TPSA) is 81.2 Å². The predicted octanol–water partition coefficient (Wildman–Crippen LogP) is 0.959. The van der Waals surface area contributed by atoms with E-state index in [0.717, 1.165) is 0 Å². The molecule has 0 radical (unpaired) electrons. The number of primary amides is 1. The van der Waals surface area contributed by atoms with Gasteiger partial charge in [0.1, 0.15) is 11.5 Å². The number of benzene rings is 1. The fraction of sp³-hybridized carbons (Fsp3) is 0.267. The van der Waals surface area contributed by atoms with Gasteiger partial charge < -0.3 is 10.6 Å². The first-order valence-corrected chi connectivity index (χ1v) is 6.93. The van der Waals surface area contributed by atoms with E-state index in [-0.39, 0.29) is 23.5 Å². The summed E-state index contributed by atoms with van der Waals surface area (Å²) in [5, 5.41) is 0. The van der Waals surface area contributed by atoms with Crippen molar-refractivity contribution in [2.24, 2.45) is 11.7 Å². The summed E-state index contributed by atoms with van der Waals surface area (Å²) in [6.07, 6.45) is 3.54. The summed E-state index contributed by atoms with van der Waals surface area (Å²) in [6.45, 7) is 0.809. The third-order valence-electron chi connectivity index (χ3n) is 3.84. The Bertz CT molecular complexity index is 711. The summed E-state index contributed by atoms with van der Waals surface area (Å²) >= 11 is 0. The minimum atomic E-state index is -0.387. The molecule has 1 saturated heterocycles. The van der Waals surface area contributed by atoms with Crippen molar-refractivity contribution < 1.29 is 14.0 Å². The third kappa shape index (κ3) is 2.57. The van der Waals surface area contributed by atoms with Gasteiger partial charge in [0.05, 0.1) is 18.4 Å². The largest absolute Gasteiger partial charge is 0.369 e. The molecule has 22 heavy (non-hydrogen) atoms. The van der Waals surface area contributed by atoms with Crippen LogP contribution >= 0.6 is 0 Å². The number of hydrogen-bond donors (Lipinski definition) is 1. The van der Waals surface area contributed by atoms with Gasteiger partial charge in [0.2, 0.25) is 5.91 Å². The van der Waals surface area contributed by atoms with Crippen molar-refractivity contribution in [3.8, 4) is 5.69 Å². The van der Waals surface area contributed by atoms with Crippen molar-refractivity contribution >= 4 is 11.8 Å². The zero-order valence-corrected chi connectivity index (χ0v) is 11.8. The highest BCUT2D eigenvalue weighted by Gasteiger charge is 2.31. The monoisotopic (exact) mass is 302 g/mol. The first kappa shape index (κ1) is 14.2. The Morgan fingerprint density at radius 2 is 2.00 bits per heavy atom. The van der Waals surface area contributed by atoms with Crippen LogP contribution in [0.4, 0.5) is 4.39 Å². The highest BCUT2D eigenvalue weighted by molar-refractivity contribution is 5.93. The molecule has 2 heterocycles. The number of likely N-dealkylation sites (tertiary alicyclic amines) is 1. The summed E-state index contributed by atoms with van der Waals surface area (Å²) < 4.78 is 14.6. The lowest BCUT2D eigenvalue weighted by molar-refractivity contribution is -0.121. The van der Waals surface area contributed by atoms with E-state index in [9.17, 15) is 14.0 Å². The smallest absolute Gasteiger partial charge is 0.272 e. The Hall–Kier alpha value is -2.70. The first-order chi connectivity index (χ1) is 10.6. The van der Waals surface area contributed by atoms with Crippen LogP contribution in [-0.4, -0.2) is 39.4 Å². The number of rotatable bonds is 3. The molecular weight excluding hydrogens is 287 g/mol. The number of imidazole rings is 1. The van der Waals surface area contributed by atoms with Crippen LogP contribution in [0.3, 0.4) is 0 Å². The molecule has 2 amide bonds. The van der Waals surface area contributed by atoms with Gasteiger partial charge in [-0.05, 0) is 30.7 Å².